The van der Waals surface area contributed by atoms with Gasteiger partial charge >= 0.3 is 0 Å². The van der Waals surface area contributed by atoms with Gasteiger partial charge in [0.05, 0.1) is 11.7 Å². The number of nitrogens with two attached hydrogens (primary N) is 1. The number of hydrogen-bond acceptors (Lipinski definition) is 3. The average Bonchev–Trinajstić information content (AvgIpc) is 2.91. The van der Waals surface area contributed by atoms with Gasteiger partial charge < -0.3 is 10.6 Å². The predicted octanol–water partition coefficient (Wildman–Crippen LogP) is 2.27. The number of piperidine rings is 1. The summed E-state index contributed by atoms with van der Waals surface area (Å²) in [5.74, 6) is 0.730. The minimum atomic E-state index is 0.259. The largest absolute Gasteiger partial charge is 0.398 e. The molecule has 1 unspecified atom stereocenters. The summed E-state index contributed by atoms with van der Waals surface area (Å²) in [4.78, 5) is 13.9. The molecule has 2 N–H and O–H groups in total. The van der Waals surface area contributed by atoms with E-state index in [4.69, 9.17) is 5.73 Å². The number of carbonyl (C=O) groups is 1. The highest BCUT2D eigenvalue weighted by atomic mass is 16.2. The van der Waals surface area contributed by atoms with Crippen LogP contribution in [0.3, 0.4) is 0 Å². The Morgan fingerprint density at radius 3 is 3.14 bits per heavy atom. The number of benzene rings is 1. The maximum Gasteiger partial charge on any atom is 0.222 e. The number of amides is 1. The van der Waals surface area contributed by atoms with Crippen molar-refractivity contribution in [3.8, 4) is 0 Å². The third kappa shape index (κ3) is 2.73. The maximum absolute atomic E-state index is 11.9. The number of hydrogen-bond donors (Lipinski definition) is 1. The normalized spacial score (nSPS) is 19.1. The lowest BCUT2D eigenvalue weighted by molar-refractivity contribution is -0.132. The van der Waals surface area contributed by atoms with Crippen LogP contribution in [0.4, 0.5) is 5.69 Å². The molecule has 1 amide bonds. The van der Waals surface area contributed by atoms with E-state index in [0.717, 1.165) is 49.1 Å². The molecular formula is C16H22N4O. The van der Waals surface area contributed by atoms with Crippen molar-refractivity contribution in [2.75, 3.05) is 18.8 Å². The molecule has 1 aromatic heterocycles. The van der Waals surface area contributed by atoms with Gasteiger partial charge in [0.25, 0.3) is 0 Å². The quantitative estimate of drug-likeness (QED) is 0.880. The topological polar surface area (TPSA) is 64.2 Å². The Bertz CT molecular complexity index is 649. The van der Waals surface area contributed by atoms with E-state index in [2.05, 4.69) is 11.2 Å². The van der Waals surface area contributed by atoms with Gasteiger partial charge in [-0.3, -0.25) is 9.48 Å². The standard InChI is InChI=1S/C16H22N4O/c1-2-16(21)19-8-4-5-12(10-19)11-20-15-7-3-6-14(17)13(15)9-18-20/h3,6-7,9,12H,2,4-5,8,10-11,17H2,1H3. The van der Waals surface area contributed by atoms with Crippen molar-refractivity contribution >= 4 is 22.5 Å². The summed E-state index contributed by atoms with van der Waals surface area (Å²) >= 11 is 0. The van der Waals surface area contributed by atoms with Crippen LogP contribution in [-0.2, 0) is 11.3 Å². The second-order valence-electron chi connectivity index (χ2n) is 5.81. The fourth-order valence-electron chi connectivity index (χ4n) is 3.18. The van der Waals surface area contributed by atoms with Gasteiger partial charge in [0.1, 0.15) is 0 Å². The van der Waals surface area contributed by atoms with Crippen molar-refractivity contribution in [3.05, 3.63) is 24.4 Å². The summed E-state index contributed by atoms with van der Waals surface area (Å²) in [6, 6.07) is 5.91. The monoisotopic (exact) mass is 286 g/mol. The molecule has 1 atom stereocenters. The molecule has 0 spiro atoms. The molecule has 1 fully saturated rings. The zero-order valence-corrected chi connectivity index (χ0v) is 12.5. The molecule has 0 radical (unpaired) electrons. The van der Waals surface area contributed by atoms with E-state index in [9.17, 15) is 4.79 Å². The summed E-state index contributed by atoms with van der Waals surface area (Å²) in [7, 11) is 0. The minimum absolute atomic E-state index is 0.259. The van der Waals surface area contributed by atoms with Gasteiger partial charge in [-0.15, -0.1) is 0 Å². The van der Waals surface area contributed by atoms with Crippen LogP contribution < -0.4 is 5.73 Å². The van der Waals surface area contributed by atoms with Gasteiger partial charge in [-0.2, -0.15) is 5.10 Å². The first-order valence-corrected chi connectivity index (χ1v) is 7.66. The fourth-order valence-corrected chi connectivity index (χ4v) is 3.18. The lowest BCUT2D eigenvalue weighted by Gasteiger charge is -2.32. The second-order valence-corrected chi connectivity index (χ2v) is 5.81. The molecule has 3 rings (SSSR count). The zero-order chi connectivity index (χ0) is 14.8. The number of nitrogens with zero attached hydrogens (tertiary/aromatic N) is 3. The first kappa shape index (κ1) is 13.9. The number of nitrogen functional groups attached to an aromatic ring is 1. The van der Waals surface area contributed by atoms with Crippen LogP contribution in [0.15, 0.2) is 24.4 Å². The molecule has 5 heteroatoms. The highest BCUT2D eigenvalue weighted by Crippen LogP contribution is 2.24. The highest BCUT2D eigenvalue weighted by molar-refractivity contribution is 5.90. The first-order valence-electron chi connectivity index (χ1n) is 7.66. The Kier molecular flexibility index (Phi) is 3.82. The van der Waals surface area contributed by atoms with Crippen LogP contribution >= 0.6 is 0 Å². The van der Waals surface area contributed by atoms with Gasteiger partial charge in [-0.05, 0) is 30.9 Å². The molecule has 112 valence electrons. The molecule has 1 aliphatic heterocycles. The molecule has 0 bridgehead atoms. The van der Waals surface area contributed by atoms with Crippen LogP contribution in [0.1, 0.15) is 26.2 Å². The van der Waals surface area contributed by atoms with Gasteiger partial charge in [0, 0.05) is 37.1 Å². The average molecular weight is 286 g/mol. The zero-order valence-electron chi connectivity index (χ0n) is 12.5. The van der Waals surface area contributed by atoms with E-state index < -0.39 is 0 Å². The highest BCUT2D eigenvalue weighted by Gasteiger charge is 2.23. The van der Waals surface area contributed by atoms with E-state index in [1.54, 1.807) is 0 Å². The number of aromatic nitrogens is 2. The summed E-state index contributed by atoms with van der Waals surface area (Å²) < 4.78 is 2.02. The summed E-state index contributed by atoms with van der Waals surface area (Å²) in [5.41, 5.74) is 7.82. The van der Waals surface area contributed by atoms with Crippen molar-refractivity contribution in [1.82, 2.24) is 14.7 Å². The Morgan fingerprint density at radius 1 is 1.48 bits per heavy atom. The molecule has 0 aliphatic carbocycles. The van der Waals surface area contributed by atoms with Crippen molar-refractivity contribution in [2.24, 2.45) is 5.92 Å². The van der Waals surface area contributed by atoms with E-state index in [0.29, 0.717) is 12.3 Å². The minimum Gasteiger partial charge on any atom is -0.398 e. The third-order valence-electron chi connectivity index (χ3n) is 4.33. The maximum atomic E-state index is 11.9. The Morgan fingerprint density at radius 2 is 2.33 bits per heavy atom. The molecule has 0 saturated carbocycles. The van der Waals surface area contributed by atoms with Crippen molar-refractivity contribution in [2.45, 2.75) is 32.7 Å². The Labute approximate surface area is 124 Å². The van der Waals surface area contributed by atoms with E-state index in [-0.39, 0.29) is 5.91 Å². The molecule has 1 aliphatic rings. The van der Waals surface area contributed by atoms with E-state index in [1.807, 2.05) is 34.8 Å². The number of fused-ring (bicyclic) bond motifs is 1. The lowest BCUT2D eigenvalue weighted by atomic mass is 9.97. The summed E-state index contributed by atoms with van der Waals surface area (Å²) in [6.07, 6.45) is 4.66. The van der Waals surface area contributed by atoms with Crippen molar-refractivity contribution in [3.63, 3.8) is 0 Å². The molecular weight excluding hydrogens is 264 g/mol. The van der Waals surface area contributed by atoms with Crippen molar-refractivity contribution in [1.29, 1.82) is 0 Å². The predicted molar refractivity (Wildman–Crippen MR) is 83.7 cm³/mol. The third-order valence-corrected chi connectivity index (χ3v) is 4.33. The van der Waals surface area contributed by atoms with Gasteiger partial charge in [-0.1, -0.05) is 13.0 Å². The molecule has 21 heavy (non-hydrogen) atoms. The Balaban J connectivity index is 1.76. The number of rotatable bonds is 3. The smallest absolute Gasteiger partial charge is 0.222 e. The molecule has 5 nitrogen and oxygen atoms in total. The number of anilines is 1. The Hall–Kier alpha value is -2.04. The molecule has 1 saturated heterocycles. The lowest BCUT2D eigenvalue weighted by Crippen LogP contribution is -2.40. The van der Waals surface area contributed by atoms with Gasteiger partial charge in [-0.25, -0.2) is 0 Å². The number of likely N-dealkylation sites (tertiary alicyclic amines) is 1. The van der Waals surface area contributed by atoms with Gasteiger partial charge in [0.2, 0.25) is 5.91 Å². The molecule has 2 heterocycles. The second kappa shape index (κ2) is 5.76. The fraction of sp³-hybridized carbons (Fsp3) is 0.500. The molecule has 1 aromatic carbocycles. The summed E-state index contributed by atoms with van der Waals surface area (Å²) in [6.45, 7) is 4.52. The SMILES string of the molecule is CCC(=O)N1CCCC(Cn2ncc3c(N)cccc32)C1. The number of carbonyl (C=O) groups excluding carboxylic acids is 1. The van der Waals surface area contributed by atoms with E-state index in [1.165, 1.54) is 0 Å². The van der Waals surface area contributed by atoms with Crippen LogP contribution in [-0.4, -0.2) is 33.7 Å². The van der Waals surface area contributed by atoms with Gasteiger partial charge in [0.15, 0.2) is 0 Å². The van der Waals surface area contributed by atoms with Crippen LogP contribution in [0.2, 0.25) is 0 Å². The first-order chi connectivity index (χ1) is 10.2. The van der Waals surface area contributed by atoms with Crippen LogP contribution in [0.25, 0.3) is 10.9 Å². The summed E-state index contributed by atoms with van der Waals surface area (Å²) in [5, 5.41) is 5.48. The molecule has 2 aromatic rings. The van der Waals surface area contributed by atoms with Crippen LogP contribution in [0, 0.1) is 5.92 Å². The van der Waals surface area contributed by atoms with Crippen LogP contribution in [0.5, 0.6) is 0 Å². The van der Waals surface area contributed by atoms with E-state index >= 15 is 0 Å². The van der Waals surface area contributed by atoms with Crippen molar-refractivity contribution < 1.29 is 4.79 Å².